The maximum atomic E-state index is 12.5. The molecule has 0 radical (unpaired) electrons. The van der Waals surface area contributed by atoms with Gasteiger partial charge in [0.25, 0.3) is 11.5 Å². The molecule has 1 aliphatic rings. The molecule has 126 valence electrons. The van der Waals surface area contributed by atoms with Gasteiger partial charge in [-0.05, 0) is 24.3 Å². The van der Waals surface area contributed by atoms with Crippen LogP contribution in [-0.2, 0) is 0 Å². The molecule has 3 heterocycles. The van der Waals surface area contributed by atoms with Crippen molar-refractivity contribution in [3.8, 4) is 5.75 Å². The second kappa shape index (κ2) is 6.74. The first kappa shape index (κ1) is 16.0. The quantitative estimate of drug-likeness (QED) is 0.910. The summed E-state index contributed by atoms with van der Waals surface area (Å²) in [5, 5.41) is 0. The molecule has 0 spiro atoms. The molecule has 7 nitrogen and oxygen atoms in total. The summed E-state index contributed by atoms with van der Waals surface area (Å²) < 4.78 is 6.03. The fourth-order valence-electron chi connectivity index (χ4n) is 2.76. The van der Waals surface area contributed by atoms with Gasteiger partial charge in [-0.2, -0.15) is 0 Å². The number of nitrogens with one attached hydrogen (secondary N) is 1. The first-order chi connectivity index (χ1) is 11.6. The molecule has 7 heteroatoms. The van der Waals surface area contributed by atoms with E-state index in [1.165, 1.54) is 6.20 Å². The zero-order chi connectivity index (χ0) is 17.1. The highest BCUT2D eigenvalue weighted by Crippen LogP contribution is 2.26. The lowest BCUT2D eigenvalue weighted by Crippen LogP contribution is -2.34. The van der Waals surface area contributed by atoms with Gasteiger partial charge < -0.3 is 19.5 Å². The van der Waals surface area contributed by atoms with Crippen molar-refractivity contribution in [3.05, 3.63) is 52.6 Å². The number of amides is 1. The van der Waals surface area contributed by atoms with Gasteiger partial charge in [-0.3, -0.25) is 9.59 Å². The number of aromatic nitrogens is 2. The minimum absolute atomic E-state index is 0.111. The third-order valence-corrected chi connectivity index (χ3v) is 3.95. The van der Waals surface area contributed by atoms with Crippen molar-refractivity contribution in [2.24, 2.45) is 0 Å². The van der Waals surface area contributed by atoms with Crippen LogP contribution in [-0.4, -0.2) is 54.1 Å². The third kappa shape index (κ3) is 3.24. The van der Waals surface area contributed by atoms with E-state index in [1.54, 1.807) is 23.2 Å². The summed E-state index contributed by atoms with van der Waals surface area (Å²) in [7, 11) is 3.81. The molecule has 1 saturated heterocycles. The van der Waals surface area contributed by atoms with Gasteiger partial charge in [-0.1, -0.05) is 0 Å². The van der Waals surface area contributed by atoms with Crippen molar-refractivity contribution in [1.29, 1.82) is 0 Å². The van der Waals surface area contributed by atoms with Crippen LogP contribution in [0.15, 0.2) is 41.5 Å². The third-order valence-electron chi connectivity index (χ3n) is 3.95. The SMILES string of the molecule is CN(C)c1ncccc1O[C@H]1CCN(C(=O)c2ccc[nH]c2=O)C1. The summed E-state index contributed by atoms with van der Waals surface area (Å²) in [6, 6.07) is 6.89. The number of hydrogen-bond donors (Lipinski definition) is 1. The number of anilines is 1. The van der Waals surface area contributed by atoms with Gasteiger partial charge in [0.15, 0.2) is 11.6 Å². The molecule has 0 saturated carbocycles. The highest BCUT2D eigenvalue weighted by molar-refractivity contribution is 5.94. The first-order valence-electron chi connectivity index (χ1n) is 7.82. The standard InChI is InChI=1S/C17H20N4O3/c1-20(2)15-14(6-4-8-18-15)24-12-7-10-21(11-12)17(23)13-5-3-9-19-16(13)22/h3-6,8-9,12H,7,10-11H2,1-2H3,(H,19,22)/t12-/m0/s1. The van der Waals surface area contributed by atoms with Crippen LogP contribution in [0.25, 0.3) is 0 Å². The van der Waals surface area contributed by atoms with E-state index in [9.17, 15) is 9.59 Å². The van der Waals surface area contributed by atoms with Crippen LogP contribution >= 0.6 is 0 Å². The largest absolute Gasteiger partial charge is 0.485 e. The van der Waals surface area contributed by atoms with E-state index in [0.717, 1.165) is 12.2 Å². The molecule has 2 aromatic heterocycles. The molecule has 24 heavy (non-hydrogen) atoms. The minimum atomic E-state index is -0.367. The number of nitrogens with zero attached hydrogens (tertiary/aromatic N) is 3. The highest BCUT2D eigenvalue weighted by atomic mass is 16.5. The van der Waals surface area contributed by atoms with Gasteiger partial charge in [-0.15, -0.1) is 0 Å². The molecule has 1 amide bonds. The average Bonchev–Trinajstić information content (AvgIpc) is 3.03. The predicted octanol–water partition coefficient (Wildman–Crippen LogP) is 1.13. The highest BCUT2D eigenvalue weighted by Gasteiger charge is 2.30. The molecule has 1 fully saturated rings. The fraction of sp³-hybridized carbons (Fsp3) is 0.353. The Labute approximate surface area is 139 Å². The summed E-state index contributed by atoms with van der Waals surface area (Å²) in [4.78, 5) is 34.6. The van der Waals surface area contributed by atoms with E-state index in [-0.39, 0.29) is 23.1 Å². The Morgan fingerprint density at radius 2 is 2.21 bits per heavy atom. The van der Waals surface area contributed by atoms with E-state index >= 15 is 0 Å². The Balaban J connectivity index is 1.69. The summed E-state index contributed by atoms with van der Waals surface area (Å²) in [6.45, 7) is 1.02. The van der Waals surface area contributed by atoms with Gasteiger partial charge >= 0.3 is 0 Å². The maximum Gasteiger partial charge on any atom is 0.260 e. The summed E-state index contributed by atoms with van der Waals surface area (Å²) >= 11 is 0. The number of carbonyl (C=O) groups excluding carboxylic acids is 1. The smallest absolute Gasteiger partial charge is 0.260 e. The molecule has 0 bridgehead atoms. The molecule has 2 aromatic rings. The molecular weight excluding hydrogens is 308 g/mol. The zero-order valence-electron chi connectivity index (χ0n) is 13.7. The van der Waals surface area contributed by atoms with E-state index in [4.69, 9.17) is 4.74 Å². The number of aromatic amines is 1. The topological polar surface area (TPSA) is 78.5 Å². The predicted molar refractivity (Wildman–Crippen MR) is 90.6 cm³/mol. The number of hydrogen-bond acceptors (Lipinski definition) is 5. The summed E-state index contributed by atoms with van der Waals surface area (Å²) in [6.07, 6.45) is 3.84. The van der Waals surface area contributed by atoms with E-state index in [0.29, 0.717) is 18.8 Å². The van der Waals surface area contributed by atoms with E-state index < -0.39 is 0 Å². The minimum Gasteiger partial charge on any atom is -0.485 e. The fourth-order valence-corrected chi connectivity index (χ4v) is 2.76. The number of ether oxygens (including phenoxy) is 1. The van der Waals surface area contributed by atoms with E-state index in [1.807, 2.05) is 31.1 Å². The van der Waals surface area contributed by atoms with Gasteiger partial charge in [0.2, 0.25) is 0 Å². The molecule has 1 atom stereocenters. The molecule has 0 aromatic carbocycles. The molecule has 1 aliphatic heterocycles. The second-order valence-electron chi connectivity index (χ2n) is 5.91. The number of likely N-dealkylation sites (tertiary alicyclic amines) is 1. The molecule has 1 N–H and O–H groups in total. The monoisotopic (exact) mass is 328 g/mol. The van der Waals surface area contributed by atoms with Crippen molar-refractivity contribution in [2.45, 2.75) is 12.5 Å². The lowest BCUT2D eigenvalue weighted by molar-refractivity contribution is 0.0770. The van der Waals surface area contributed by atoms with Crippen molar-refractivity contribution in [2.75, 3.05) is 32.1 Å². The van der Waals surface area contributed by atoms with Crippen molar-refractivity contribution >= 4 is 11.7 Å². The number of H-pyrrole nitrogens is 1. The summed E-state index contributed by atoms with van der Waals surface area (Å²) in [5.74, 6) is 1.18. The Kier molecular flexibility index (Phi) is 4.50. The Morgan fingerprint density at radius 1 is 1.38 bits per heavy atom. The Morgan fingerprint density at radius 3 is 2.96 bits per heavy atom. The molecule has 0 unspecified atom stereocenters. The van der Waals surface area contributed by atoms with Crippen LogP contribution in [0.3, 0.4) is 0 Å². The van der Waals surface area contributed by atoms with Crippen LogP contribution in [0.5, 0.6) is 5.75 Å². The summed E-state index contributed by atoms with van der Waals surface area (Å²) in [5.41, 5.74) is -0.206. The van der Waals surface area contributed by atoms with Crippen molar-refractivity contribution < 1.29 is 9.53 Å². The molecule has 0 aliphatic carbocycles. The lowest BCUT2D eigenvalue weighted by Gasteiger charge is -2.20. The van der Waals surface area contributed by atoms with Gasteiger partial charge in [0.1, 0.15) is 11.7 Å². The van der Waals surface area contributed by atoms with Crippen molar-refractivity contribution in [1.82, 2.24) is 14.9 Å². The number of rotatable bonds is 4. The number of pyridine rings is 2. The number of carbonyl (C=O) groups is 1. The van der Waals surface area contributed by atoms with Crippen LogP contribution in [0.4, 0.5) is 5.82 Å². The van der Waals surface area contributed by atoms with E-state index in [2.05, 4.69) is 9.97 Å². The average molecular weight is 328 g/mol. The normalized spacial score (nSPS) is 16.9. The first-order valence-corrected chi connectivity index (χ1v) is 7.82. The molecular formula is C17H20N4O3. The second-order valence-corrected chi connectivity index (χ2v) is 5.91. The van der Waals surface area contributed by atoms with Crippen LogP contribution in [0.1, 0.15) is 16.8 Å². The Bertz CT molecular complexity index is 787. The maximum absolute atomic E-state index is 12.5. The van der Waals surface area contributed by atoms with Crippen LogP contribution in [0.2, 0.25) is 0 Å². The zero-order valence-corrected chi connectivity index (χ0v) is 13.7. The van der Waals surface area contributed by atoms with Gasteiger partial charge in [0.05, 0.1) is 6.54 Å². The van der Waals surface area contributed by atoms with Crippen LogP contribution < -0.4 is 15.2 Å². The van der Waals surface area contributed by atoms with Gasteiger partial charge in [-0.25, -0.2) is 4.98 Å². The van der Waals surface area contributed by atoms with Crippen LogP contribution in [0, 0.1) is 0 Å². The van der Waals surface area contributed by atoms with Crippen molar-refractivity contribution in [3.63, 3.8) is 0 Å². The Hall–Kier alpha value is -2.83. The lowest BCUT2D eigenvalue weighted by atomic mass is 10.2. The molecule has 3 rings (SSSR count). The van der Waals surface area contributed by atoms with Gasteiger partial charge in [0, 0.05) is 39.5 Å².